The van der Waals surface area contributed by atoms with Crippen molar-refractivity contribution in [3.8, 4) is 0 Å². The third-order valence-corrected chi connectivity index (χ3v) is 4.04. The molecule has 1 amide bonds. The quantitative estimate of drug-likeness (QED) is 0.773. The maximum atomic E-state index is 12.5. The van der Waals surface area contributed by atoms with Crippen LogP contribution in [-0.2, 0) is 17.8 Å². The Bertz CT molecular complexity index is 722. The second-order valence-corrected chi connectivity index (χ2v) is 6.43. The maximum absolute atomic E-state index is 12.5. The SMILES string of the molecule is COCCn1nc(C)c(CNC(=O)c2cccc(NC(C)C)c2)c1C. The summed E-state index contributed by atoms with van der Waals surface area (Å²) in [5.74, 6) is -0.0872. The molecule has 0 radical (unpaired) electrons. The van der Waals surface area contributed by atoms with E-state index in [2.05, 4.69) is 29.6 Å². The molecule has 1 aromatic heterocycles. The largest absolute Gasteiger partial charge is 0.383 e. The molecule has 1 aromatic carbocycles. The van der Waals surface area contributed by atoms with Gasteiger partial charge in [0.1, 0.15) is 0 Å². The summed E-state index contributed by atoms with van der Waals surface area (Å²) in [4.78, 5) is 12.5. The minimum atomic E-state index is -0.0872. The number of anilines is 1. The van der Waals surface area contributed by atoms with E-state index in [1.165, 1.54) is 0 Å². The zero-order valence-corrected chi connectivity index (χ0v) is 15.7. The molecular formula is C19H28N4O2. The Morgan fingerprint density at radius 1 is 1.32 bits per heavy atom. The van der Waals surface area contributed by atoms with Gasteiger partial charge in [-0.15, -0.1) is 0 Å². The van der Waals surface area contributed by atoms with Gasteiger partial charge in [-0.3, -0.25) is 9.48 Å². The molecule has 0 aliphatic rings. The number of hydrogen-bond donors (Lipinski definition) is 2. The van der Waals surface area contributed by atoms with Crippen molar-refractivity contribution in [2.24, 2.45) is 0 Å². The highest BCUT2D eigenvalue weighted by Crippen LogP contribution is 2.15. The summed E-state index contributed by atoms with van der Waals surface area (Å²) in [5.41, 5.74) is 4.64. The number of nitrogens with zero attached hydrogens (tertiary/aromatic N) is 2. The van der Waals surface area contributed by atoms with Gasteiger partial charge >= 0.3 is 0 Å². The highest BCUT2D eigenvalue weighted by Gasteiger charge is 2.13. The number of rotatable bonds is 8. The second kappa shape index (κ2) is 8.67. The fraction of sp³-hybridized carbons (Fsp3) is 0.474. The number of methoxy groups -OCH3 is 1. The summed E-state index contributed by atoms with van der Waals surface area (Å²) < 4.78 is 7.03. The first-order chi connectivity index (χ1) is 11.9. The average molecular weight is 344 g/mol. The summed E-state index contributed by atoms with van der Waals surface area (Å²) in [6.45, 7) is 9.91. The molecule has 0 fully saturated rings. The van der Waals surface area contributed by atoms with Crippen LogP contribution in [0.1, 0.15) is 41.2 Å². The van der Waals surface area contributed by atoms with Crippen molar-refractivity contribution in [3.05, 3.63) is 46.8 Å². The fourth-order valence-corrected chi connectivity index (χ4v) is 2.74. The zero-order chi connectivity index (χ0) is 18.4. The smallest absolute Gasteiger partial charge is 0.251 e. The van der Waals surface area contributed by atoms with E-state index in [1.807, 2.05) is 42.8 Å². The molecule has 0 aliphatic heterocycles. The number of carbonyl (C=O) groups is 1. The number of aryl methyl sites for hydroxylation is 1. The van der Waals surface area contributed by atoms with Crippen molar-refractivity contribution in [3.63, 3.8) is 0 Å². The van der Waals surface area contributed by atoms with E-state index in [0.29, 0.717) is 31.3 Å². The minimum Gasteiger partial charge on any atom is -0.383 e. The van der Waals surface area contributed by atoms with E-state index in [-0.39, 0.29) is 5.91 Å². The Morgan fingerprint density at radius 2 is 2.08 bits per heavy atom. The molecule has 6 heteroatoms. The topological polar surface area (TPSA) is 68.2 Å². The van der Waals surface area contributed by atoms with Crippen LogP contribution < -0.4 is 10.6 Å². The number of aromatic nitrogens is 2. The van der Waals surface area contributed by atoms with Gasteiger partial charge in [-0.25, -0.2) is 0 Å². The lowest BCUT2D eigenvalue weighted by atomic mass is 10.1. The van der Waals surface area contributed by atoms with Crippen molar-refractivity contribution < 1.29 is 9.53 Å². The van der Waals surface area contributed by atoms with Crippen LogP contribution in [0.5, 0.6) is 0 Å². The summed E-state index contributed by atoms with van der Waals surface area (Å²) >= 11 is 0. The summed E-state index contributed by atoms with van der Waals surface area (Å²) in [7, 11) is 1.68. The van der Waals surface area contributed by atoms with E-state index >= 15 is 0 Å². The molecule has 2 aromatic rings. The molecule has 136 valence electrons. The van der Waals surface area contributed by atoms with E-state index in [4.69, 9.17) is 4.74 Å². The molecule has 0 aliphatic carbocycles. The van der Waals surface area contributed by atoms with E-state index in [0.717, 1.165) is 22.6 Å². The average Bonchev–Trinajstić information content (AvgIpc) is 2.84. The van der Waals surface area contributed by atoms with Gasteiger partial charge in [0.2, 0.25) is 0 Å². The standard InChI is InChI=1S/C19H28N4O2/c1-13(2)21-17-8-6-7-16(11-17)19(24)20-12-18-14(3)22-23(15(18)4)9-10-25-5/h6-8,11,13,21H,9-10,12H2,1-5H3,(H,20,24). The highest BCUT2D eigenvalue weighted by atomic mass is 16.5. The van der Waals surface area contributed by atoms with Crippen molar-refractivity contribution in [2.75, 3.05) is 19.0 Å². The molecule has 2 N–H and O–H groups in total. The zero-order valence-electron chi connectivity index (χ0n) is 15.7. The minimum absolute atomic E-state index is 0.0872. The van der Waals surface area contributed by atoms with Gasteiger partial charge in [-0.2, -0.15) is 5.10 Å². The first-order valence-corrected chi connectivity index (χ1v) is 8.59. The van der Waals surface area contributed by atoms with E-state index in [1.54, 1.807) is 7.11 Å². The lowest BCUT2D eigenvalue weighted by Crippen LogP contribution is -2.23. The van der Waals surface area contributed by atoms with Gasteiger partial charge in [0.25, 0.3) is 5.91 Å². The Morgan fingerprint density at radius 3 is 2.76 bits per heavy atom. The monoisotopic (exact) mass is 344 g/mol. The first-order valence-electron chi connectivity index (χ1n) is 8.59. The highest BCUT2D eigenvalue weighted by molar-refractivity contribution is 5.95. The fourth-order valence-electron chi connectivity index (χ4n) is 2.74. The van der Waals surface area contributed by atoms with Crippen molar-refractivity contribution in [2.45, 2.75) is 46.8 Å². The molecule has 0 saturated carbocycles. The van der Waals surface area contributed by atoms with E-state index in [9.17, 15) is 4.79 Å². The Balaban J connectivity index is 2.04. The van der Waals surface area contributed by atoms with Crippen LogP contribution in [0.4, 0.5) is 5.69 Å². The second-order valence-electron chi connectivity index (χ2n) is 6.43. The lowest BCUT2D eigenvalue weighted by molar-refractivity contribution is 0.0951. The molecule has 0 bridgehead atoms. The Kier molecular flexibility index (Phi) is 6.58. The van der Waals surface area contributed by atoms with Gasteiger partial charge in [-0.05, 0) is 45.9 Å². The maximum Gasteiger partial charge on any atom is 0.251 e. The van der Waals surface area contributed by atoms with Gasteiger partial charge in [0.15, 0.2) is 0 Å². The molecular weight excluding hydrogens is 316 g/mol. The predicted octanol–water partition coefficient (Wildman–Crippen LogP) is 2.90. The molecule has 2 rings (SSSR count). The van der Waals surface area contributed by atoms with Crippen LogP contribution >= 0.6 is 0 Å². The van der Waals surface area contributed by atoms with Crippen LogP contribution in [0.3, 0.4) is 0 Å². The number of amides is 1. The van der Waals surface area contributed by atoms with Gasteiger partial charge in [0.05, 0.1) is 18.8 Å². The van der Waals surface area contributed by atoms with Gasteiger partial charge in [0, 0.05) is 42.2 Å². The number of ether oxygens (including phenoxy) is 1. The summed E-state index contributed by atoms with van der Waals surface area (Å²) in [6.07, 6.45) is 0. The molecule has 0 atom stereocenters. The molecule has 0 spiro atoms. The number of hydrogen-bond acceptors (Lipinski definition) is 4. The number of benzene rings is 1. The Labute approximate surface area is 149 Å². The third kappa shape index (κ3) is 5.06. The van der Waals surface area contributed by atoms with E-state index < -0.39 is 0 Å². The predicted molar refractivity (Wildman–Crippen MR) is 99.9 cm³/mol. The van der Waals surface area contributed by atoms with Crippen LogP contribution in [-0.4, -0.2) is 35.4 Å². The summed E-state index contributed by atoms with van der Waals surface area (Å²) in [5, 5.41) is 10.8. The van der Waals surface area contributed by atoms with Crippen molar-refractivity contribution in [1.82, 2.24) is 15.1 Å². The molecule has 0 unspecified atom stereocenters. The molecule has 0 saturated heterocycles. The normalized spacial score (nSPS) is 11.0. The molecule has 6 nitrogen and oxygen atoms in total. The number of nitrogens with one attached hydrogen (secondary N) is 2. The van der Waals surface area contributed by atoms with Crippen molar-refractivity contribution >= 4 is 11.6 Å². The third-order valence-electron chi connectivity index (χ3n) is 4.04. The van der Waals surface area contributed by atoms with Gasteiger partial charge < -0.3 is 15.4 Å². The van der Waals surface area contributed by atoms with Crippen LogP contribution in [0.2, 0.25) is 0 Å². The first kappa shape index (κ1) is 19.0. The Hall–Kier alpha value is -2.34. The van der Waals surface area contributed by atoms with Crippen molar-refractivity contribution in [1.29, 1.82) is 0 Å². The molecule has 1 heterocycles. The summed E-state index contributed by atoms with van der Waals surface area (Å²) in [6, 6.07) is 7.87. The van der Waals surface area contributed by atoms with Crippen LogP contribution in [0.15, 0.2) is 24.3 Å². The van der Waals surface area contributed by atoms with Gasteiger partial charge in [-0.1, -0.05) is 6.07 Å². The lowest BCUT2D eigenvalue weighted by Gasteiger charge is -2.11. The van der Waals surface area contributed by atoms with Crippen LogP contribution in [0.25, 0.3) is 0 Å². The van der Waals surface area contributed by atoms with Crippen LogP contribution in [0, 0.1) is 13.8 Å². The number of carbonyl (C=O) groups excluding carboxylic acids is 1. The molecule has 25 heavy (non-hydrogen) atoms.